The molecule has 1 aromatic heterocycles. The highest BCUT2D eigenvalue weighted by atomic mass is 16.3. The van der Waals surface area contributed by atoms with Gasteiger partial charge >= 0.3 is 6.03 Å². The third-order valence-corrected chi connectivity index (χ3v) is 4.09. The summed E-state index contributed by atoms with van der Waals surface area (Å²) in [5.41, 5.74) is -0.0298. The molecular weight excluding hydrogens is 292 g/mol. The van der Waals surface area contributed by atoms with Gasteiger partial charge in [0.1, 0.15) is 11.8 Å². The largest absolute Gasteiger partial charge is 0.467 e. The highest BCUT2D eigenvalue weighted by molar-refractivity contribution is 5.75. The number of rotatable bonds is 6. The fourth-order valence-electron chi connectivity index (χ4n) is 2.07. The molecule has 0 saturated heterocycles. The van der Waals surface area contributed by atoms with Crippen LogP contribution < -0.4 is 10.6 Å². The minimum atomic E-state index is -0.954. The van der Waals surface area contributed by atoms with Gasteiger partial charge in [-0.1, -0.05) is 44.2 Å². The Bertz CT molecular complexity index is 606. The maximum atomic E-state index is 12.2. The van der Waals surface area contributed by atoms with Gasteiger partial charge in [0.25, 0.3) is 0 Å². The summed E-state index contributed by atoms with van der Waals surface area (Å²) in [6.07, 6.45) is 1.58. The summed E-state index contributed by atoms with van der Waals surface area (Å²) in [6, 6.07) is 12.5. The number of benzene rings is 1. The standard InChI is InChI=1S/C18H24N2O3/c1-13(2)18(3,22)12-19-17(21)20-16(15-10-7-11-23-15)14-8-5-4-6-9-14/h4-11,13,16,22H,12H2,1-3H3,(H2,19,20,21). The van der Waals surface area contributed by atoms with Crippen molar-refractivity contribution in [1.82, 2.24) is 10.6 Å². The zero-order valence-electron chi connectivity index (χ0n) is 13.7. The summed E-state index contributed by atoms with van der Waals surface area (Å²) >= 11 is 0. The molecule has 2 rings (SSSR count). The van der Waals surface area contributed by atoms with E-state index in [-0.39, 0.29) is 24.5 Å². The molecule has 0 bridgehead atoms. The fraction of sp³-hybridized carbons (Fsp3) is 0.389. The van der Waals surface area contributed by atoms with Gasteiger partial charge in [0.15, 0.2) is 0 Å². The van der Waals surface area contributed by atoms with Crippen LogP contribution in [0.5, 0.6) is 0 Å². The quantitative estimate of drug-likeness (QED) is 0.766. The van der Waals surface area contributed by atoms with Crippen LogP contribution in [-0.2, 0) is 0 Å². The highest BCUT2D eigenvalue weighted by Crippen LogP contribution is 2.22. The Labute approximate surface area is 136 Å². The molecule has 0 radical (unpaired) electrons. The Balaban J connectivity index is 2.06. The second kappa shape index (κ2) is 7.33. The van der Waals surface area contributed by atoms with Gasteiger partial charge in [-0.3, -0.25) is 0 Å². The molecule has 2 unspecified atom stereocenters. The first-order valence-electron chi connectivity index (χ1n) is 7.75. The minimum Gasteiger partial charge on any atom is -0.467 e. The summed E-state index contributed by atoms with van der Waals surface area (Å²) in [4.78, 5) is 12.2. The average Bonchev–Trinajstić information content (AvgIpc) is 3.05. The molecule has 0 fully saturated rings. The molecule has 5 nitrogen and oxygen atoms in total. The molecule has 0 spiro atoms. The Morgan fingerprint density at radius 2 is 1.91 bits per heavy atom. The lowest BCUT2D eigenvalue weighted by Crippen LogP contribution is -2.48. The van der Waals surface area contributed by atoms with Gasteiger partial charge in [-0.15, -0.1) is 0 Å². The normalized spacial score (nSPS) is 15.0. The van der Waals surface area contributed by atoms with Gasteiger partial charge < -0.3 is 20.2 Å². The van der Waals surface area contributed by atoms with Crippen molar-refractivity contribution < 1.29 is 14.3 Å². The molecule has 0 saturated carbocycles. The summed E-state index contributed by atoms with van der Waals surface area (Å²) in [5, 5.41) is 15.8. The van der Waals surface area contributed by atoms with E-state index in [2.05, 4.69) is 10.6 Å². The minimum absolute atomic E-state index is 0.0396. The Hall–Kier alpha value is -2.27. The summed E-state index contributed by atoms with van der Waals surface area (Å²) in [5.74, 6) is 0.694. The number of carbonyl (C=O) groups excluding carboxylic acids is 1. The van der Waals surface area contributed by atoms with Gasteiger partial charge in [0.05, 0.1) is 11.9 Å². The molecule has 0 aliphatic carbocycles. The van der Waals surface area contributed by atoms with Crippen LogP contribution in [0.2, 0.25) is 0 Å². The van der Waals surface area contributed by atoms with Crippen LogP contribution >= 0.6 is 0 Å². The number of furan rings is 1. The number of hydrogen-bond acceptors (Lipinski definition) is 3. The van der Waals surface area contributed by atoms with Gasteiger partial charge in [-0.25, -0.2) is 4.79 Å². The van der Waals surface area contributed by atoms with Gasteiger partial charge in [-0.05, 0) is 30.5 Å². The lowest BCUT2D eigenvalue weighted by Gasteiger charge is -2.28. The lowest BCUT2D eigenvalue weighted by molar-refractivity contribution is 0.0165. The monoisotopic (exact) mass is 316 g/mol. The molecule has 23 heavy (non-hydrogen) atoms. The zero-order valence-corrected chi connectivity index (χ0v) is 13.7. The third kappa shape index (κ3) is 4.60. The van der Waals surface area contributed by atoms with E-state index in [9.17, 15) is 9.90 Å². The molecule has 0 aliphatic rings. The van der Waals surface area contributed by atoms with Crippen LogP contribution in [0.15, 0.2) is 53.1 Å². The van der Waals surface area contributed by atoms with E-state index in [1.165, 1.54) is 0 Å². The van der Waals surface area contributed by atoms with Crippen molar-refractivity contribution in [2.75, 3.05) is 6.54 Å². The van der Waals surface area contributed by atoms with Crippen LogP contribution in [0.1, 0.15) is 38.1 Å². The summed E-state index contributed by atoms with van der Waals surface area (Å²) < 4.78 is 5.44. The zero-order chi connectivity index (χ0) is 16.9. The first-order valence-corrected chi connectivity index (χ1v) is 7.75. The van der Waals surface area contributed by atoms with Gasteiger partial charge in [0.2, 0.25) is 0 Å². The van der Waals surface area contributed by atoms with E-state index in [1.54, 1.807) is 19.3 Å². The van der Waals surface area contributed by atoms with Crippen molar-refractivity contribution in [1.29, 1.82) is 0 Å². The first kappa shape index (κ1) is 17.1. The van der Waals surface area contributed by atoms with Crippen molar-refractivity contribution in [2.45, 2.75) is 32.4 Å². The van der Waals surface area contributed by atoms with E-state index < -0.39 is 5.60 Å². The average molecular weight is 316 g/mol. The van der Waals surface area contributed by atoms with Crippen molar-refractivity contribution in [3.05, 3.63) is 60.1 Å². The molecule has 2 amide bonds. The smallest absolute Gasteiger partial charge is 0.315 e. The molecular formula is C18H24N2O3. The maximum absolute atomic E-state index is 12.2. The van der Waals surface area contributed by atoms with Crippen molar-refractivity contribution in [3.8, 4) is 0 Å². The number of hydrogen-bond donors (Lipinski definition) is 3. The van der Waals surface area contributed by atoms with Gasteiger partial charge in [0, 0.05) is 6.54 Å². The molecule has 2 atom stereocenters. The molecule has 1 aromatic carbocycles. The van der Waals surface area contributed by atoms with E-state index in [1.807, 2.05) is 50.2 Å². The van der Waals surface area contributed by atoms with Crippen LogP contribution in [0.3, 0.4) is 0 Å². The van der Waals surface area contributed by atoms with Crippen LogP contribution in [-0.4, -0.2) is 23.3 Å². The Kier molecular flexibility index (Phi) is 5.45. The second-order valence-corrected chi connectivity index (χ2v) is 6.20. The molecule has 124 valence electrons. The summed E-state index contributed by atoms with van der Waals surface area (Å²) in [6.45, 7) is 5.71. The number of nitrogens with one attached hydrogen (secondary N) is 2. The number of urea groups is 1. The number of aliphatic hydroxyl groups is 1. The fourth-order valence-corrected chi connectivity index (χ4v) is 2.07. The van der Waals surface area contributed by atoms with Crippen molar-refractivity contribution in [3.63, 3.8) is 0 Å². The maximum Gasteiger partial charge on any atom is 0.315 e. The predicted molar refractivity (Wildman–Crippen MR) is 89.0 cm³/mol. The van der Waals surface area contributed by atoms with Crippen molar-refractivity contribution in [2.24, 2.45) is 5.92 Å². The van der Waals surface area contributed by atoms with Gasteiger partial charge in [-0.2, -0.15) is 0 Å². The number of carbonyl (C=O) groups is 1. The van der Waals surface area contributed by atoms with Crippen LogP contribution in [0.25, 0.3) is 0 Å². The molecule has 3 N–H and O–H groups in total. The van der Waals surface area contributed by atoms with Crippen LogP contribution in [0.4, 0.5) is 4.79 Å². The molecule has 5 heteroatoms. The van der Waals surface area contributed by atoms with Crippen molar-refractivity contribution >= 4 is 6.03 Å². The molecule has 2 aromatic rings. The van der Waals surface area contributed by atoms with Crippen LogP contribution in [0, 0.1) is 5.92 Å². The SMILES string of the molecule is CC(C)C(C)(O)CNC(=O)NC(c1ccccc1)c1ccco1. The van der Waals surface area contributed by atoms with E-state index in [0.717, 1.165) is 5.56 Å². The summed E-state index contributed by atoms with van der Waals surface area (Å²) in [7, 11) is 0. The van der Waals surface area contributed by atoms with E-state index in [4.69, 9.17) is 4.42 Å². The Morgan fingerprint density at radius 3 is 2.48 bits per heavy atom. The number of amides is 2. The predicted octanol–water partition coefficient (Wildman–Crippen LogP) is 3.08. The highest BCUT2D eigenvalue weighted by Gasteiger charge is 2.26. The Morgan fingerprint density at radius 1 is 1.22 bits per heavy atom. The second-order valence-electron chi connectivity index (χ2n) is 6.20. The van der Waals surface area contributed by atoms with E-state index >= 15 is 0 Å². The third-order valence-electron chi connectivity index (χ3n) is 4.09. The topological polar surface area (TPSA) is 74.5 Å². The first-order chi connectivity index (χ1) is 10.9. The van der Waals surface area contributed by atoms with E-state index in [0.29, 0.717) is 5.76 Å². The lowest BCUT2D eigenvalue weighted by atomic mass is 9.93. The molecule has 0 aliphatic heterocycles. The molecule has 1 heterocycles.